The van der Waals surface area contributed by atoms with E-state index in [0.29, 0.717) is 11.5 Å². The minimum absolute atomic E-state index is 0.0510. The predicted molar refractivity (Wildman–Crippen MR) is 78.9 cm³/mol. The maximum absolute atomic E-state index is 10.7. The van der Waals surface area contributed by atoms with Crippen molar-refractivity contribution in [3.8, 4) is 0 Å². The fourth-order valence-corrected chi connectivity index (χ4v) is 3.66. The summed E-state index contributed by atoms with van der Waals surface area (Å²) < 4.78 is -0.102. The first-order valence-corrected chi connectivity index (χ1v) is 8.24. The van der Waals surface area contributed by atoms with E-state index in [4.69, 9.17) is 11.5 Å². The second-order valence-corrected chi connectivity index (χ2v) is 7.07. The Morgan fingerprint density at radius 1 is 1.00 bits per heavy atom. The Labute approximate surface area is 118 Å². The Bertz CT molecular complexity index is 196. The smallest absolute Gasteiger partial charge is 0.209 e. The molecule has 0 saturated heterocycles. The van der Waals surface area contributed by atoms with E-state index in [2.05, 4.69) is 0 Å². The third-order valence-corrected chi connectivity index (χ3v) is 5.24. The lowest BCUT2D eigenvalue weighted by Gasteiger charge is -2.07. The van der Waals surface area contributed by atoms with Gasteiger partial charge in [-0.3, -0.25) is 9.59 Å². The van der Waals surface area contributed by atoms with E-state index in [1.165, 1.54) is 21.6 Å². The van der Waals surface area contributed by atoms with Crippen LogP contribution in [0.2, 0.25) is 0 Å². The first-order valence-electron chi connectivity index (χ1n) is 3.59. The van der Waals surface area contributed by atoms with Crippen LogP contribution in [0.25, 0.3) is 0 Å². The second kappa shape index (κ2) is 8.56. The molecule has 0 aliphatic carbocycles. The molecule has 0 spiro atoms. The SMILES string of the molecule is N[C@@H](CSSC[C@H](N)C(=O)I)C(=O)I. The highest BCUT2D eigenvalue weighted by Gasteiger charge is 2.12. The van der Waals surface area contributed by atoms with Gasteiger partial charge in [0, 0.05) is 56.7 Å². The molecule has 0 bridgehead atoms. The summed E-state index contributed by atoms with van der Waals surface area (Å²) in [6.07, 6.45) is 0. The third-order valence-electron chi connectivity index (χ3n) is 1.16. The number of hydrogen-bond donors (Lipinski definition) is 2. The number of carbonyl (C=O) groups excluding carboxylic acids is 2. The number of hydrogen-bond acceptors (Lipinski definition) is 6. The monoisotopic (exact) mass is 460 g/mol. The predicted octanol–water partition coefficient (Wildman–Crippen LogP) is 0.946. The van der Waals surface area contributed by atoms with Gasteiger partial charge in [0.2, 0.25) is 7.58 Å². The molecule has 0 heterocycles. The maximum Gasteiger partial charge on any atom is 0.209 e. The maximum atomic E-state index is 10.7. The van der Waals surface area contributed by atoms with Crippen LogP contribution in [-0.2, 0) is 9.59 Å². The first-order chi connectivity index (χ1) is 6.45. The van der Waals surface area contributed by atoms with Gasteiger partial charge in [0.15, 0.2) is 0 Å². The summed E-state index contributed by atoms with van der Waals surface area (Å²) in [6, 6.07) is -0.862. The van der Waals surface area contributed by atoms with Crippen LogP contribution in [0.1, 0.15) is 0 Å². The van der Waals surface area contributed by atoms with Crippen LogP contribution < -0.4 is 11.5 Å². The molecule has 8 heteroatoms. The van der Waals surface area contributed by atoms with Gasteiger partial charge in [-0.05, 0) is 0 Å². The molecule has 0 amide bonds. The van der Waals surface area contributed by atoms with Crippen LogP contribution in [0, 0.1) is 0 Å². The standard InChI is InChI=1S/C6H10I2N2O2S2/c7-5(11)3(9)1-13-14-2-4(10)6(8)12/h3-4H,1-2,9-10H2/t3-,4-/m0/s1. The largest absolute Gasteiger partial charge is 0.320 e. The Morgan fingerprint density at radius 3 is 1.50 bits per heavy atom. The lowest BCUT2D eigenvalue weighted by Crippen LogP contribution is -2.30. The highest BCUT2D eigenvalue weighted by Crippen LogP contribution is 2.23. The van der Waals surface area contributed by atoms with Crippen molar-refractivity contribution >= 4 is 74.3 Å². The summed E-state index contributed by atoms with van der Waals surface area (Å²) in [7, 11) is 2.93. The van der Waals surface area contributed by atoms with Gasteiger partial charge in [-0.15, -0.1) is 0 Å². The molecule has 4 nitrogen and oxygen atoms in total. The van der Waals surface area contributed by atoms with E-state index in [9.17, 15) is 9.59 Å². The zero-order valence-electron chi connectivity index (χ0n) is 7.11. The molecule has 0 aromatic carbocycles. The lowest BCUT2D eigenvalue weighted by atomic mass is 10.4. The molecule has 0 saturated carbocycles. The first kappa shape index (κ1) is 15.4. The Balaban J connectivity index is 3.47. The van der Waals surface area contributed by atoms with Crippen LogP contribution in [0.15, 0.2) is 0 Å². The van der Waals surface area contributed by atoms with E-state index in [0.717, 1.165) is 0 Å². The molecule has 4 N–H and O–H groups in total. The Kier molecular flexibility index (Phi) is 9.43. The highest BCUT2D eigenvalue weighted by molar-refractivity contribution is 14.1. The van der Waals surface area contributed by atoms with Gasteiger partial charge >= 0.3 is 0 Å². The van der Waals surface area contributed by atoms with Crippen LogP contribution in [0.4, 0.5) is 0 Å². The molecule has 82 valence electrons. The van der Waals surface area contributed by atoms with Crippen molar-refractivity contribution in [2.45, 2.75) is 12.1 Å². The highest BCUT2D eigenvalue weighted by atomic mass is 127. The molecule has 14 heavy (non-hydrogen) atoms. The fraction of sp³-hybridized carbons (Fsp3) is 0.667. The van der Waals surface area contributed by atoms with Crippen molar-refractivity contribution < 1.29 is 9.59 Å². The van der Waals surface area contributed by atoms with Crippen molar-refractivity contribution in [2.75, 3.05) is 11.5 Å². The third kappa shape index (κ3) is 7.68. The van der Waals surface area contributed by atoms with Gasteiger partial charge in [-0.25, -0.2) is 0 Å². The van der Waals surface area contributed by atoms with Gasteiger partial charge in [-0.1, -0.05) is 21.6 Å². The van der Waals surface area contributed by atoms with Gasteiger partial charge in [0.1, 0.15) is 0 Å². The van der Waals surface area contributed by atoms with Crippen molar-refractivity contribution in [3.05, 3.63) is 0 Å². The van der Waals surface area contributed by atoms with Crippen molar-refractivity contribution in [1.29, 1.82) is 0 Å². The van der Waals surface area contributed by atoms with E-state index in [-0.39, 0.29) is 7.58 Å². The van der Waals surface area contributed by atoms with E-state index >= 15 is 0 Å². The lowest BCUT2D eigenvalue weighted by molar-refractivity contribution is -0.110. The molecular weight excluding hydrogens is 450 g/mol. The van der Waals surface area contributed by atoms with Gasteiger partial charge < -0.3 is 11.5 Å². The topological polar surface area (TPSA) is 86.2 Å². The summed E-state index contributed by atoms with van der Waals surface area (Å²) in [5.41, 5.74) is 11.0. The molecule has 0 unspecified atom stereocenters. The molecule has 0 aliphatic rings. The molecule has 0 aromatic heterocycles. The molecule has 0 rings (SSSR count). The van der Waals surface area contributed by atoms with E-state index in [1.54, 1.807) is 45.2 Å². The molecular formula is C6H10I2N2O2S2. The summed E-state index contributed by atoms with van der Waals surface area (Å²) >= 11 is 3.36. The molecule has 0 radical (unpaired) electrons. The average molecular weight is 460 g/mol. The van der Waals surface area contributed by atoms with Crippen LogP contribution in [-0.4, -0.2) is 31.2 Å². The summed E-state index contributed by atoms with van der Waals surface area (Å²) in [4.78, 5) is 21.5. The quantitative estimate of drug-likeness (QED) is 0.255. The minimum Gasteiger partial charge on any atom is -0.320 e. The summed E-state index contributed by atoms with van der Waals surface area (Å²) in [5.74, 6) is 1.10. The summed E-state index contributed by atoms with van der Waals surface area (Å²) in [5, 5.41) is 0. The van der Waals surface area contributed by atoms with Crippen molar-refractivity contribution in [2.24, 2.45) is 11.5 Å². The molecule has 0 aliphatic heterocycles. The molecule has 2 atom stereocenters. The van der Waals surface area contributed by atoms with Crippen LogP contribution in [0.5, 0.6) is 0 Å². The average Bonchev–Trinajstić information content (AvgIpc) is 2.11. The number of halogens is 2. The van der Waals surface area contributed by atoms with Gasteiger partial charge in [0.05, 0.1) is 12.1 Å². The van der Waals surface area contributed by atoms with Crippen LogP contribution in [0.3, 0.4) is 0 Å². The second-order valence-electron chi connectivity index (χ2n) is 2.39. The Hall–Kier alpha value is 1.42. The zero-order chi connectivity index (χ0) is 11.1. The fourth-order valence-electron chi connectivity index (χ4n) is 0.374. The van der Waals surface area contributed by atoms with Crippen molar-refractivity contribution in [3.63, 3.8) is 0 Å². The summed E-state index contributed by atoms with van der Waals surface area (Å²) in [6.45, 7) is 0. The zero-order valence-corrected chi connectivity index (χ0v) is 13.1. The van der Waals surface area contributed by atoms with Gasteiger partial charge in [0.25, 0.3) is 0 Å². The molecule has 0 fully saturated rings. The minimum atomic E-state index is -0.431. The number of rotatable bonds is 7. The van der Waals surface area contributed by atoms with Crippen LogP contribution >= 0.6 is 66.8 Å². The molecule has 0 aromatic rings. The normalized spacial score (nSPS) is 14.9. The van der Waals surface area contributed by atoms with E-state index < -0.39 is 12.1 Å². The van der Waals surface area contributed by atoms with Crippen molar-refractivity contribution in [1.82, 2.24) is 0 Å². The van der Waals surface area contributed by atoms with E-state index in [1.807, 2.05) is 0 Å². The number of carbonyl (C=O) groups is 2. The number of nitrogens with two attached hydrogens (primary N) is 2. The Morgan fingerprint density at radius 2 is 1.29 bits per heavy atom. The van der Waals surface area contributed by atoms with Gasteiger partial charge in [-0.2, -0.15) is 0 Å².